The molecule has 2 amide bonds. The van der Waals surface area contributed by atoms with Gasteiger partial charge in [0.25, 0.3) is 5.91 Å². The van der Waals surface area contributed by atoms with Gasteiger partial charge in [0.1, 0.15) is 0 Å². The van der Waals surface area contributed by atoms with Gasteiger partial charge < -0.3 is 10.6 Å². The summed E-state index contributed by atoms with van der Waals surface area (Å²) < 4.78 is 0.866. The van der Waals surface area contributed by atoms with E-state index < -0.39 is 0 Å². The number of halogens is 1. The molecule has 0 bridgehead atoms. The van der Waals surface area contributed by atoms with Gasteiger partial charge in [-0.2, -0.15) is 0 Å². The van der Waals surface area contributed by atoms with Crippen molar-refractivity contribution in [2.24, 2.45) is 0 Å². The Kier molecular flexibility index (Phi) is 6.35. The van der Waals surface area contributed by atoms with E-state index in [0.717, 1.165) is 22.1 Å². The molecule has 2 rings (SSSR count). The highest BCUT2D eigenvalue weighted by Gasteiger charge is 2.06. The zero-order valence-corrected chi connectivity index (χ0v) is 14.5. The zero-order valence-electron chi connectivity index (χ0n) is 12.9. The second-order valence-corrected chi connectivity index (χ2v) is 6.11. The number of hydrogen-bond donors (Lipinski definition) is 2. The van der Waals surface area contributed by atoms with Crippen LogP contribution in [0.1, 0.15) is 35.7 Å². The van der Waals surface area contributed by atoms with E-state index in [1.165, 1.54) is 0 Å². The van der Waals surface area contributed by atoms with E-state index in [-0.39, 0.29) is 11.8 Å². The first-order valence-corrected chi connectivity index (χ1v) is 8.30. The maximum atomic E-state index is 12.1. The maximum absolute atomic E-state index is 12.1. The molecule has 5 heteroatoms. The lowest BCUT2D eigenvalue weighted by atomic mass is 10.1. The van der Waals surface area contributed by atoms with Crippen LogP contribution in [0.25, 0.3) is 0 Å². The monoisotopic (exact) mass is 374 g/mol. The molecular formula is C18H19BrN2O2. The number of nitrogens with one attached hydrogen (secondary N) is 2. The molecule has 0 fully saturated rings. The highest BCUT2D eigenvalue weighted by molar-refractivity contribution is 9.10. The van der Waals surface area contributed by atoms with Crippen molar-refractivity contribution >= 4 is 33.4 Å². The lowest BCUT2D eigenvalue weighted by Gasteiger charge is -2.09. The predicted molar refractivity (Wildman–Crippen MR) is 95.3 cm³/mol. The summed E-state index contributed by atoms with van der Waals surface area (Å²) in [7, 11) is 0. The summed E-state index contributed by atoms with van der Waals surface area (Å²) in [6.45, 7) is 2.37. The molecule has 0 aromatic heterocycles. The van der Waals surface area contributed by atoms with Gasteiger partial charge in [-0.1, -0.05) is 41.1 Å². The second kappa shape index (κ2) is 8.48. The van der Waals surface area contributed by atoms with Gasteiger partial charge in [0.2, 0.25) is 5.91 Å². The Bertz CT molecular complexity index is 701. The molecule has 2 aromatic rings. The average Bonchev–Trinajstić information content (AvgIpc) is 2.53. The summed E-state index contributed by atoms with van der Waals surface area (Å²) in [6.07, 6.45) is 1.32. The molecule has 2 aromatic carbocycles. The number of carbonyl (C=O) groups excluding carboxylic acids is 2. The molecule has 23 heavy (non-hydrogen) atoms. The van der Waals surface area contributed by atoms with E-state index in [1.807, 2.05) is 43.3 Å². The first-order valence-electron chi connectivity index (χ1n) is 7.51. The van der Waals surface area contributed by atoms with E-state index in [1.54, 1.807) is 12.1 Å². The molecule has 0 aliphatic heterocycles. The maximum Gasteiger partial charge on any atom is 0.251 e. The summed E-state index contributed by atoms with van der Waals surface area (Å²) in [5, 5.41) is 5.73. The standard InChI is InChI=1S/C18H19BrN2O2/c1-2-5-17(22)21-16-9-3-6-13(10-16)12-20-18(23)14-7-4-8-15(19)11-14/h3-4,6-11H,2,5,12H2,1H3,(H,20,23)(H,21,22). The van der Waals surface area contributed by atoms with Crippen LogP contribution in [0.15, 0.2) is 53.0 Å². The molecule has 0 heterocycles. The van der Waals surface area contributed by atoms with Crippen LogP contribution in [0, 0.1) is 0 Å². The minimum absolute atomic E-state index is 0.00261. The molecule has 0 aliphatic rings. The van der Waals surface area contributed by atoms with Crippen molar-refractivity contribution < 1.29 is 9.59 Å². The molecule has 0 spiro atoms. The number of amides is 2. The normalized spacial score (nSPS) is 10.2. The van der Waals surface area contributed by atoms with Crippen molar-refractivity contribution in [3.05, 3.63) is 64.1 Å². The van der Waals surface area contributed by atoms with Crippen LogP contribution >= 0.6 is 15.9 Å². The zero-order chi connectivity index (χ0) is 16.7. The highest BCUT2D eigenvalue weighted by Crippen LogP contribution is 2.13. The van der Waals surface area contributed by atoms with Gasteiger partial charge >= 0.3 is 0 Å². The minimum atomic E-state index is -0.133. The van der Waals surface area contributed by atoms with Crippen molar-refractivity contribution in [1.82, 2.24) is 5.32 Å². The van der Waals surface area contributed by atoms with Gasteiger partial charge in [-0.25, -0.2) is 0 Å². The molecule has 0 aliphatic carbocycles. The van der Waals surface area contributed by atoms with E-state index in [0.29, 0.717) is 18.5 Å². The first kappa shape index (κ1) is 17.2. The fourth-order valence-electron chi connectivity index (χ4n) is 2.12. The number of benzene rings is 2. The largest absolute Gasteiger partial charge is 0.348 e. The Morgan fingerprint density at radius 1 is 1.09 bits per heavy atom. The molecule has 2 N–H and O–H groups in total. The Morgan fingerprint density at radius 2 is 1.87 bits per heavy atom. The summed E-state index contributed by atoms with van der Waals surface area (Å²) >= 11 is 3.35. The van der Waals surface area contributed by atoms with Crippen molar-refractivity contribution in [2.45, 2.75) is 26.3 Å². The number of rotatable bonds is 6. The molecular weight excluding hydrogens is 356 g/mol. The van der Waals surface area contributed by atoms with Gasteiger partial charge in [-0.15, -0.1) is 0 Å². The Labute approximate surface area is 144 Å². The van der Waals surface area contributed by atoms with Crippen molar-refractivity contribution in [3.63, 3.8) is 0 Å². The summed E-state index contributed by atoms with van der Waals surface area (Å²) in [5.41, 5.74) is 2.28. The van der Waals surface area contributed by atoms with E-state index in [2.05, 4.69) is 26.6 Å². The van der Waals surface area contributed by atoms with Gasteiger partial charge in [0.05, 0.1) is 0 Å². The number of hydrogen-bond acceptors (Lipinski definition) is 2. The molecule has 0 saturated heterocycles. The Hall–Kier alpha value is -2.14. The average molecular weight is 375 g/mol. The van der Waals surface area contributed by atoms with Gasteiger partial charge in [0.15, 0.2) is 0 Å². The topological polar surface area (TPSA) is 58.2 Å². The van der Waals surface area contributed by atoms with Gasteiger partial charge in [-0.3, -0.25) is 9.59 Å². The highest BCUT2D eigenvalue weighted by atomic mass is 79.9. The van der Waals surface area contributed by atoms with Crippen LogP contribution in [0.2, 0.25) is 0 Å². The fraction of sp³-hybridized carbons (Fsp3) is 0.222. The van der Waals surface area contributed by atoms with Crippen LogP contribution < -0.4 is 10.6 Å². The molecule has 0 atom stereocenters. The minimum Gasteiger partial charge on any atom is -0.348 e. The first-order chi connectivity index (χ1) is 11.1. The van der Waals surface area contributed by atoms with E-state index >= 15 is 0 Å². The number of carbonyl (C=O) groups is 2. The third-order valence-electron chi connectivity index (χ3n) is 3.23. The van der Waals surface area contributed by atoms with Crippen LogP contribution in [-0.2, 0) is 11.3 Å². The fourth-order valence-corrected chi connectivity index (χ4v) is 2.52. The smallest absolute Gasteiger partial charge is 0.251 e. The van der Waals surface area contributed by atoms with Gasteiger partial charge in [0, 0.05) is 28.7 Å². The molecule has 4 nitrogen and oxygen atoms in total. The third kappa shape index (κ3) is 5.53. The summed E-state index contributed by atoms with van der Waals surface area (Å²) in [5.74, 6) is -0.130. The van der Waals surface area contributed by atoms with Crippen molar-refractivity contribution in [2.75, 3.05) is 5.32 Å². The van der Waals surface area contributed by atoms with Crippen molar-refractivity contribution in [1.29, 1.82) is 0 Å². The van der Waals surface area contributed by atoms with Crippen LogP contribution in [0.3, 0.4) is 0 Å². The van der Waals surface area contributed by atoms with E-state index in [9.17, 15) is 9.59 Å². The van der Waals surface area contributed by atoms with Crippen LogP contribution in [0.4, 0.5) is 5.69 Å². The molecule has 120 valence electrons. The lowest BCUT2D eigenvalue weighted by Crippen LogP contribution is -2.22. The summed E-state index contributed by atoms with van der Waals surface area (Å²) in [6, 6.07) is 14.7. The molecule has 0 radical (unpaired) electrons. The number of anilines is 1. The Morgan fingerprint density at radius 3 is 2.61 bits per heavy atom. The third-order valence-corrected chi connectivity index (χ3v) is 3.72. The van der Waals surface area contributed by atoms with Crippen LogP contribution in [0.5, 0.6) is 0 Å². The van der Waals surface area contributed by atoms with Crippen molar-refractivity contribution in [3.8, 4) is 0 Å². The Balaban J connectivity index is 1.95. The SMILES string of the molecule is CCCC(=O)Nc1cccc(CNC(=O)c2cccc(Br)c2)c1. The second-order valence-electron chi connectivity index (χ2n) is 5.19. The summed E-state index contributed by atoms with van der Waals surface area (Å²) in [4.78, 5) is 23.7. The molecule has 0 unspecified atom stereocenters. The van der Waals surface area contributed by atoms with Crippen LogP contribution in [-0.4, -0.2) is 11.8 Å². The quantitative estimate of drug-likeness (QED) is 0.798. The van der Waals surface area contributed by atoms with E-state index in [4.69, 9.17) is 0 Å². The molecule has 0 saturated carbocycles. The lowest BCUT2D eigenvalue weighted by molar-refractivity contribution is -0.116. The predicted octanol–water partition coefficient (Wildman–Crippen LogP) is 4.12. The van der Waals surface area contributed by atoms with Gasteiger partial charge in [-0.05, 0) is 42.3 Å².